The fourth-order valence-electron chi connectivity index (χ4n) is 6.47. The molecule has 156 valence electrons. The quantitative estimate of drug-likeness (QED) is 0.643. The Morgan fingerprint density at radius 1 is 0.867 bits per heavy atom. The maximum absolute atomic E-state index is 2.78. The topological polar surface area (TPSA) is 6.48 Å². The minimum absolute atomic E-state index is 0.637. The van der Waals surface area contributed by atoms with Crippen LogP contribution in [0.1, 0.15) is 48.8 Å². The zero-order valence-electron chi connectivity index (χ0n) is 18.1. The Labute approximate surface area is 181 Å². The molecule has 1 saturated carbocycles. The van der Waals surface area contributed by atoms with Crippen molar-refractivity contribution in [2.75, 3.05) is 26.2 Å². The lowest BCUT2D eigenvalue weighted by atomic mass is 9.90. The standard InChI is InChI=1S/C28H34N2/c1-2-5-23(6-3-1)19-29-20-25-11-12-26(27(25)21-29)24-9-7-22(8-10-24)13-18-30-17-4-14-28(30)15-16-28/h1-3,5-10,12,25,27H,4,11,13-21H2. The van der Waals surface area contributed by atoms with E-state index < -0.39 is 0 Å². The third kappa shape index (κ3) is 3.55. The molecule has 2 heteroatoms. The van der Waals surface area contributed by atoms with Gasteiger partial charge in [-0.1, -0.05) is 60.7 Å². The van der Waals surface area contributed by atoms with E-state index in [1.807, 2.05) is 0 Å². The molecular weight excluding hydrogens is 364 g/mol. The summed E-state index contributed by atoms with van der Waals surface area (Å²) in [6.07, 6.45) is 10.8. The lowest BCUT2D eigenvalue weighted by Gasteiger charge is -2.23. The summed E-state index contributed by atoms with van der Waals surface area (Å²) in [7, 11) is 0. The van der Waals surface area contributed by atoms with Gasteiger partial charge in [-0.25, -0.2) is 0 Å². The maximum atomic E-state index is 2.78. The van der Waals surface area contributed by atoms with Crippen molar-refractivity contribution in [2.24, 2.45) is 11.8 Å². The SMILES string of the molecule is C1=C(c2ccc(CCN3CCCC34CC4)cc2)C2CN(Cc3ccccc3)CC2C1. The van der Waals surface area contributed by atoms with Gasteiger partial charge in [0.25, 0.3) is 0 Å². The molecule has 2 aliphatic carbocycles. The van der Waals surface area contributed by atoms with Gasteiger partial charge in [-0.3, -0.25) is 9.80 Å². The molecule has 0 N–H and O–H groups in total. The van der Waals surface area contributed by atoms with Gasteiger partial charge in [-0.15, -0.1) is 0 Å². The van der Waals surface area contributed by atoms with E-state index in [1.54, 1.807) is 5.57 Å². The van der Waals surface area contributed by atoms with Gasteiger partial charge in [0, 0.05) is 37.6 Å². The molecule has 2 saturated heterocycles. The van der Waals surface area contributed by atoms with Gasteiger partial charge in [0.1, 0.15) is 0 Å². The number of hydrogen-bond acceptors (Lipinski definition) is 2. The Morgan fingerprint density at radius 2 is 1.70 bits per heavy atom. The molecule has 2 aromatic carbocycles. The van der Waals surface area contributed by atoms with Crippen LogP contribution < -0.4 is 0 Å². The van der Waals surface area contributed by atoms with E-state index >= 15 is 0 Å². The van der Waals surface area contributed by atoms with E-state index in [0.717, 1.165) is 18.4 Å². The van der Waals surface area contributed by atoms with E-state index in [1.165, 1.54) is 81.4 Å². The first-order valence-electron chi connectivity index (χ1n) is 12.1. The molecule has 6 rings (SSSR count). The molecule has 1 spiro atoms. The molecule has 0 amide bonds. The van der Waals surface area contributed by atoms with E-state index in [2.05, 4.69) is 70.5 Å². The second-order valence-electron chi connectivity index (χ2n) is 10.2. The number of likely N-dealkylation sites (tertiary alicyclic amines) is 2. The first kappa shape index (κ1) is 18.8. The summed E-state index contributed by atoms with van der Waals surface area (Å²) in [6.45, 7) is 6.13. The van der Waals surface area contributed by atoms with Gasteiger partial charge in [0.15, 0.2) is 0 Å². The third-order valence-electron chi connectivity index (χ3n) is 8.33. The van der Waals surface area contributed by atoms with Gasteiger partial charge in [-0.05, 0) is 73.3 Å². The molecule has 0 bridgehead atoms. The highest BCUT2D eigenvalue weighted by atomic mass is 15.2. The smallest absolute Gasteiger partial charge is 0.0234 e. The molecule has 2 aliphatic heterocycles. The zero-order chi connectivity index (χ0) is 20.0. The fraction of sp³-hybridized carbons (Fsp3) is 0.500. The highest BCUT2D eigenvalue weighted by molar-refractivity contribution is 5.70. The Bertz CT molecular complexity index is 909. The van der Waals surface area contributed by atoms with Gasteiger partial charge in [0.05, 0.1) is 0 Å². The first-order valence-corrected chi connectivity index (χ1v) is 12.1. The largest absolute Gasteiger partial charge is 0.298 e. The Kier molecular flexibility index (Phi) is 4.81. The molecule has 2 atom stereocenters. The van der Waals surface area contributed by atoms with Crippen LogP contribution in [0.2, 0.25) is 0 Å². The van der Waals surface area contributed by atoms with Crippen LogP contribution in [-0.2, 0) is 13.0 Å². The van der Waals surface area contributed by atoms with Gasteiger partial charge < -0.3 is 0 Å². The van der Waals surface area contributed by atoms with Crippen molar-refractivity contribution in [3.8, 4) is 0 Å². The molecule has 0 aromatic heterocycles. The predicted molar refractivity (Wildman–Crippen MR) is 124 cm³/mol. The molecule has 4 aliphatic rings. The normalized spacial score (nSPS) is 27.5. The summed E-state index contributed by atoms with van der Waals surface area (Å²) in [5, 5.41) is 0. The van der Waals surface area contributed by atoms with Crippen molar-refractivity contribution in [1.29, 1.82) is 0 Å². The van der Waals surface area contributed by atoms with Crippen LogP contribution in [0.15, 0.2) is 60.7 Å². The summed E-state index contributed by atoms with van der Waals surface area (Å²) in [5.41, 5.74) is 6.66. The number of rotatable bonds is 6. The van der Waals surface area contributed by atoms with Crippen molar-refractivity contribution >= 4 is 5.57 Å². The van der Waals surface area contributed by atoms with E-state index in [4.69, 9.17) is 0 Å². The molecule has 0 radical (unpaired) electrons. The van der Waals surface area contributed by atoms with Crippen molar-refractivity contribution in [2.45, 2.75) is 50.6 Å². The minimum Gasteiger partial charge on any atom is -0.298 e. The van der Waals surface area contributed by atoms with Gasteiger partial charge in [0.2, 0.25) is 0 Å². The summed E-state index contributed by atoms with van der Waals surface area (Å²) in [6, 6.07) is 20.6. The summed E-state index contributed by atoms with van der Waals surface area (Å²) in [5.74, 6) is 1.53. The van der Waals surface area contributed by atoms with Crippen molar-refractivity contribution in [3.63, 3.8) is 0 Å². The second-order valence-corrected chi connectivity index (χ2v) is 10.2. The molecule has 2 aromatic rings. The summed E-state index contributed by atoms with van der Waals surface area (Å²) < 4.78 is 0. The predicted octanol–water partition coefficient (Wildman–Crippen LogP) is 5.39. The zero-order valence-corrected chi connectivity index (χ0v) is 18.1. The lowest BCUT2D eigenvalue weighted by Crippen LogP contribution is -2.32. The molecule has 2 nitrogen and oxygen atoms in total. The van der Waals surface area contributed by atoms with E-state index in [-0.39, 0.29) is 0 Å². The average molecular weight is 399 g/mol. The molecule has 30 heavy (non-hydrogen) atoms. The molecule has 2 heterocycles. The minimum atomic E-state index is 0.637. The lowest BCUT2D eigenvalue weighted by molar-refractivity contribution is 0.239. The van der Waals surface area contributed by atoms with E-state index in [0.29, 0.717) is 5.54 Å². The van der Waals surface area contributed by atoms with Crippen LogP contribution in [0.3, 0.4) is 0 Å². The highest BCUT2D eigenvalue weighted by Gasteiger charge is 2.49. The molecule has 3 fully saturated rings. The van der Waals surface area contributed by atoms with Crippen molar-refractivity contribution in [1.82, 2.24) is 9.80 Å². The number of allylic oxidation sites excluding steroid dienone is 1. The van der Waals surface area contributed by atoms with Crippen LogP contribution in [0.5, 0.6) is 0 Å². The van der Waals surface area contributed by atoms with Gasteiger partial charge >= 0.3 is 0 Å². The number of benzene rings is 2. The number of nitrogens with zero attached hydrogens (tertiary/aromatic N) is 2. The molecular formula is C28H34N2. The van der Waals surface area contributed by atoms with Crippen LogP contribution in [-0.4, -0.2) is 41.5 Å². The first-order chi connectivity index (χ1) is 14.8. The van der Waals surface area contributed by atoms with Crippen LogP contribution in [0.25, 0.3) is 5.57 Å². The van der Waals surface area contributed by atoms with Crippen LogP contribution in [0.4, 0.5) is 0 Å². The highest BCUT2D eigenvalue weighted by Crippen LogP contribution is 2.49. The summed E-state index contributed by atoms with van der Waals surface area (Å²) >= 11 is 0. The monoisotopic (exact) mass is 398 g/mol. The Balaban J connectivity index is 1.07. The van der Waals surface area contributed by atoms with Crippen molar-refractivity contribution < 1.29 is 0 Å². The number of fused-ring (bicyclic) bond motifs is 1. The average Bonchev–Trinajstić information content (AvgIpc) is 3.07. The van der Waals surface area contributed by atoms with Gasteiger partial charge in [-0.2, -0.15) is 0 Å². The Morgan fingerprint density at radius 3 is 2.50 bits per heavy atom. The van der Waals surface area contributed by atoms with E-state index in [9.17, 15) is 0 Å². The van der Waals surface area contributed by atoms with Crippen LogP contribution >= 0.6 is 0 Å². The van der Waals surface area contributed by atoms with Crippen molar-refractivity contribution in [3.05, 3.63) is 77.4 Å². The summed E-state index contributed by atoms with van der Waals surface area (Å²) in [4.78, 5) is 5.45. The second kappa shape index (κ2) is 7.66. The number of hydrogen-bond donors (Lipinski definition) is 0. The third-order valence-corrected chi connectivity index (χ3v) is 8.33. The molecule has 2 unspecified atom stereocenters. The Hall–Kier alpha value is -1.90. The maximum Gasteiger partial charge on any atom is 0.0234 e. The fourth-order valence-corrected chi connectivity index (χ4v) is 6.47. The van der Waals surface area contributed by atoms with Crippen LogP contribution in [0, 0.1) is 11.8 Å².